The lowest BCUT2D eigenvalue weighted by molar-refractivity contribution is 0.762. The summed E-state index contributed by atoms with van der Waals surface area (Å²) in [6, 6.07) is 10.1. The first-order valence-corrected chi connectivity index (χ1v) is 9.32. The van der Waals surface area contributed by atoms with Gasteiger partial charge in [0.1, 0.15) is 5.82 Å². The number of anilines is 1. The molecule has 0 aliphatic carbocycles. The molecule has 0 bridgehead atoms. The van der Waals surface area contributed by atoms with Gasteiger partial charge in [-0.25, -0.2) is 9.97 Å². The van der Waals surface area contributed by atoms with Crippen LogP contribution in [0.5, 0.6) is 0 Å². The van der Waals surface area contributed by atoms with Gasteiger partial charge in [0.2, 0.25) is 0 Å². The van der Waals surface area contributed by atoms with Crippen LogP contribution in [-0.4, -0.2) is 35.8 Å². The number of rotatable bonds is 5. The molecule has 0 aliphatic rings. The second kappa shape index (κ2) is 7.34. The van der Waals surface area contributed by atoms with E-state index in [1.54, 1.807) is 17.1 Å². The first kappa shape index (κ1) is 18.0. The minimum atomic E-state index is 0.150. The maximum Gasteiger partial charge on any atom is 0.164 e. The number of aryl methyl sites for hydroxylation is 3. The molecule has 7 nitrogen and oxygen atoms in total. The van der Waals surface area contributed by atoms with Crippen molar-refractivity contribution < 1.29 is 0 Å². The lowest BCUT2D eigenvalue weighted by Gasteiger charge is -2.16. The molecule has 0 saturated heterocycles. The van der Waals surface area contributed by atoms with Crippen LogP contribution in [-0.2, 0) is 13.5 Å². The Morgan fingerprint density at radius 2 is 1.82 bits per heavy atom. The Morgan fingerprint density at radius 3 is 2.57 bits per heavy atom. The smallest absolute Gasteiger partial charge is 0.164 e. The molecule has 0 fully saturated rings. The Bertz CT molecular complexity index is 1120. The molecule has 1 atom stereocenters. The van der Waals surface area contributed by atoms with Gasteiger partial charge in [0.05, 0.1) is 11.1 Å². The van der Waals surface area contributed by atoms with Crippen molar-refractivity contribution in [3.8, 4) is 11.4 Å². The zero-order valence-electron chi connectivity index (χ0n) is 16.5. The van der Waals surface area contributed by atoms with E-state index in [1.807, 2.05) is 45.2 Å². The highest BCUT2D eigenvalue weighted by molar-refractivity contribution is 5.91. The molecule has 0 aliphatic heterocycles. The molecule has 142 valence electrons. The van der Waals surface area contributed by atoms with E-state index in [-0.39, 0.29) is 6.04 Å². The van der Waals surface area contributed by atoms with Crippen LogP contribution in [0.25, 0.3) is 22.4 Å². The van der Waals surface area contributed by atoms with Gasteiger partial charge < -0.3 is 5.32 Å². The van der Waals surface area contributed by atoms with Crippen LogP contribution >= 0.6 is 0 Å². The second-order valence-corrected chi connectivity index (χ2v) is 7.06. The van der Waals surface area contributed by atoms with Crippen molar-refractivity contribution in [1.82, 2.24) is 29.7 Å². The van der Waals surface area contributed by atoms with Gasteiger partial charge in [-0.2, -0.15) is 5.10 Å². The summed E-state index contributed by atoms with van der Waals surface area (Å²) in [4.78, 5) is 18.3. The molecular weight excluding hydrogens is 350 g/mol. The minimum absolute atomic E-state index is 0.150. The van der Waals surface area contributed by atoms with Crippen LogP contribution in [0.1, 0.15) is 24.0 Å². The molecule has 4 aromatic rings. The van der Waals surface area contributed by atoms with Gasteiger partial charge >= 0.3 is 0 Å². The Hall–Kier alpha value is -3.35. The summed E-state index contributed by atoms with van der Waals surface area (Å²) in [5.74, 6) is 1.45. The third kappa shape index (κ3) is 3.55. The highest BCUT2D eigenvalue weighted by atomic mass is 15.3. The summed E-state index contributed by atoms with van der Waals surface area (Å²) in [5.41, 5.74) is 4.72. The quantitative estimate of drug-likeness (QED) is 0.577. The van der Waals surface area contributed by atoms with Crippen molar-refractivity contribution in [2.75, 3.05) is 5.32 Å². The summed E-state index contributed by atoms with van der Waals surface area (Å²) in [6.07, 6.45) is 4.30. The molecule has 1 N–H and O–H groups in total. The molecule has 0 unspecified atom stereocenters. The average Bonchev–Trinajstić information content (AvgIpc) is 2.96. The van der Waals surface area contributed by atoms with Crippen molar-refractivity contribution in [2.24, 2.45) is 7.05 Å². The summed E-state index contributed by atoms with van der Waals surface area (Å²) >= 11 is 0. The monoisotopic (exact) mass is 373 g/mol. The second-order valence-electron chi connectivity index (χ2n) is 7.06. The van der Waals surface area contributed by atoms with E-state index in [1.165, 1.54) is 0 Å². The SMILES string of the molecule is Cc1cccc(C[C@@H](C)Nc2nc(-c3ccncc3)nc3c2c(C)nn3C)n1. The number of hydrogen-bond donors (Lipinski definition) is 1. The third-order valence-electron chi connectivity index (χ3n) is 4.64. The standard InChI is InChI=1S/C21H23N7/c1-13-6-5-7-17(23-13)12-14(2)24-20-18-15(3)27-28(4)21(18)26-19(25-20)16-8-10-22-11-9-16/h5-11,14H,12H2,1-4H3,(H,24,25,26)/t14-/m1/s1. The van der Waals surface area contributed by atoms with Gasteiger partial charge in [0.25, 0.3) is 0 Å². The zero-order valence-corrected chi connectivity index (χ0v) is 16.5. The van der Waals surface area contributed by atoms with Crippen molar-refractivity contribution in [2.45, 2.75) is 33.2 Å². The lowest BCUT2D eigenvalue weighted by Crippen LogP contribution is -2.20. The fraction of sp³-hybridized carbons (Fsp3) is 0.286. The van der Waals surface area contributed by atoms with Crippen LogP contribution in [0, 0.1) is 13.8 Å². The summed E-state index contributed by atoms with van der Waals surface area (Å²) in [5, 5.41) is 9.04. The van der Waals surface area contributed by atoms with Crippen LogP contribution < -0.4 is 5.32 Å². The molecule has 4 aromatic heterocycles. The van der Waals surface area contributed by atoms with E-state index < -0.39 is 0 Å². The van der Waals surface area contributed by atoms with E-state index >= 15 is 0 Å². The Morgan fingerprint density at radius 1 is 1.04 bits per heavy atom. The predicted octanol–water partition coefficient (Wildman–Crippen LogP) is 3.48. The number of nitrogens with zero attached hydrogens (tertiary/aromatic N) is 6. The summed E-state index contributed by atoms with van der Waals surface area (Å²) < 4.78 is 1.80. The van der Waals surface area contributed by atoms with Crippen LogP contribution in [0.3, 0.4) is 0 Å². The number of fused-ring (bicyclic) bond motifs is 1. The van der Waals surface area contributed by atoms with Crippen molar-refractivity contribution in [1.29, 1.82) is 0 Å². The Balaban J connectivity index is 1.72. The normalized spacial score (nSPS) is 12.3. The van der Waals surface area contributed by atoms with Crippen molar-refractivity contribution in [3.63, 3.8) is 0 Å². The molecule has 4 rings (SSSR count). The number of pyridine rings is 2. The summed E-state index contributed by atoms with van der Waals surface area (Å²) in [6.45, 7) is 6.13. The van der Waals surface area contributed by atoms with Crippen molar-refractivity contribution in [3.05, 3.63) is 59.8 Å². The number of nitrogens with one attached hydrogen (secondary N) is 1. The molecule has 0 spiro atoms. The molecule has 28 heavy (non-hydrogen) atoms. The van der Waals surface area contributed by atoms with Crippen LogP contribution in [0.2, 0.25) is 0 Å². The van der Waals surface area contributed by atoms with Gasteiger partial charge in [-0.1, -0.05) is 6.07 Å². The maximum absolute atomic E-state index is 4.82. The topological polar surface area (TPSA) is 81.4 Å². The molecular formula is C21H23N7. The minimum Gasteiger partial charge on any atom is -0.366 e. The predicted molar refractivity (Wildman–Crippen MR) is 110 cm³/mol. The average molecular weight is 373 g/mol. The highest BCUT2D eigenvalue weighted by Crippen LogP contribution is 2.27. The first-order chi connectivity index (χ1) is 13.5. The molecule has 0 amide bonds. The van der Waals surface area contributed by atoms with E-state index in [4.69, 9.17) is 9.97 Å². The molecule has 0 aromatic carbocycles. The molecule has 7 heteroatoms. The highest BCUT2D eigenvalue weighted by Gasteiger charge is 2.17. The molecule has 0 radical (unpaired) electrons. The van der Waals surface area contributed by atoms with Gasteiger partial charge in [0, 0.05) is 48.9 Å². The number of hydrogen-bond acceptors (Lipinski definition) is 6. The van der Waals surface area contributed by atoms with E-state index in [0.717, 1.165) is 45.9 Å². The Kier molecular flexibility index (Phi) is 4.73. The van der Waals surface area contributed by atoms with Crippen LogP contribution in [0.15, 0.2) is 42.7 Å². The zero-order chi connectivity index (χ0) is 19.7. The Labute approximate surface area is 163 Å². The lowest BCUT2D eigenvalue weighted by atomic mass is 10.1. The molecule has 4 heterocycles. The molecule has 0 saturated carbocycles. The number of aromatic nitrogens is 6. The van der Waals surface area contributed by atoms with E-state index in [9.17, 15) is 0 Å². The fourth-order valence-electron chi connectivity index (χ4n) is 3.38. The van der Waals surface area contributed by atoms with Crippen molar-refractivity contribution >= 4 is 16.9 Å². The largest absolute Gasteiger partial charge is 0.366 e. The summed E-state index contributed by atoms with van der Waals surface area (Å²) in [7, 11) is 1.91. The maximum atomic E-state index is 4.82. The first-order valence-electron chi connectivity index (χ1n) is 9.32. The van der Waals surface area contributed by atoms with Gasteiger partial charge in [-0.05, 0) is 45.0 Å². The van der Waals surface area contributed by atoms with Crippen LogP contribution in [0.4, 0.5) is 5.82 Å². The fourth-order valence-corrected chi connectivity index (χ4v) is 3.38. The van der Waals surface area contributed by atoms with Gasteiger partial charge in [-0.15, -0.1) is 0 Å². The van der Waals surface area contributed by atoms with E-state index in [2.05, 4.69) is 33.4 Å². The van der Waals surface area contributed by atoms with E-state index in [0.29, 0.717) is 5.82 Å². The van der Waals surface area contributed by atoms with Gasteiger partial charge in [0.15, 0.2) is 11.5 Å². The third-order valence-corrected chi connectivity index (χ3v) is 4.64. The van der Waals surface area contributed by atoms with Gasteiger partial charge in [-0.3, -0.25) is 14.6 Å².